The summed E-state index contributed by atoms with van der Waals surface area (Å²) in [6, 6.07) is -0.231. The summed E-state index contributed by atoms with van der Waals surface area (Å²) in [7, 11) is 0. The Bertz CT molecular complexity index is 420. The van der Waals surface area contributed by atoms with Crippen molar-refractivity contribution in [3.63, 3.8) is 0 Å². The van der Waals surface area contributed by atoms with Gasteiger partial charge in [0.05, 0.1) is 12.3 Å². The summed E-state index contributed by atoms with van der Waals surface area (Å²) in [6.07, 6.45) is 3.38. The lowest BCUT2D eigenvalue weighted by Gasteiger charge is -2.41. The number of carboxylic acid groups (broad SMARTS) is 1. The summed E-state index contributed by atoms with van der Waals surface area (Å²) < 4.78 is 0. The lowest BCUT2D eigenvalue weighted by atomic mass is 9.66. The molecule has 0 radical (unpaired) electrons. The molecule has 20 heavy (non-hydrogen) atoms. The number of aliphatic carboxylic acids is 1. The fourth-order valence-electron chi connectivity index (χ4n) is 2.97. The Kier molecular flexibility index (Phi) is 4.15. The number of urea groups is 1. The molecule has 2 fully saturated rings. The number of likely N-dealkylation sites (tertiary alicyclic amines) is 1. The molecule has 1 saturated carbocycles. The summed E-state index contributed by atoms with van der Waals surface area (Å²) in [5, 5.41) is 11.7. The number of primary amides is 1. The van der Waals surface area contributed by atoms with Crippen LogP contribution in [0.3, 0.4) is 0 Å². The van der Waals surface area contributed by atoms with Gasteiger partial charge in [0.2, 0.25) is 5.91 Å². The molecular formula is C13H21N3O4. The normalized spacial score (nSPS) is 24.0. The number of carboxylic acids is 1. The molecule has 0 spiro atoms. The number of nitrogens with zero attached hydrogens (tertiary/aromatic N) is 1. The van der Waals surface area contributed by atoms with E-state index in [1.165, 1.54) is 0 Å². The Labute approximate surface area is 117 Å². The first-order valence-electron chi connectivity index (χ1n) is 6.96. The fraction of sp³-hybridized carbons (Fsp3) is 0.769. The molecular weight excluding hydrogens is 262 g/mol. The fourth-order valence-corrected chi connectivity index (χ4v) is 2.97. The standard InChI is InChI=1S/C13H21N3O4/c14-11(19)9-2-5-16(7-9)12(20)15-8-13(3-1-4-13)6-10(17)18/h9H,1-8H2,(H2,14,19)(H,15,20)(H,17,18). The lowest BCUT2D eigenvalue weighted by Crippen LogP contribution is -2.47. The number of nitrogens with two attached hydrogens (primary N) is 1. The molecule has 1 aliphatic heterocycles. The molecule has 0 bridgehead atoms. The number of hydrogen-bond donors (Lipinski definition) is 3. The van der Waals surface area contributed by atoms with Crippen LogP contribution in [0.25, 0.3) is 0 Å². The Morgan fingerprint density at radius 1 is 1.35 bits per heavy atom. The zero-order valence-corrected chi connectivity index (χ0v) is 11.4. The van der Waals surface area contributed by atoms with Gasteiger partial charge in [-0.25, -0.2) is 4.79 Å². The van der Waals surface area contributed by atoms with Gasteiger partial charge in [-0.05, 0) is 24.7 Å². The third-order valence-corrected chi connectivity index (χ3v) is 4.43. The Balaban J connectivity index is 1.80. The highest BCUT2D eigenvalue weighted by Crippen LogP contribution is 2.43. The van der Waals surface area contributed by atoms with Crippen LogP contribution in [-0.2, 0) is 9.59 Å². The van der Waals surface area contributed by atoms with E-state index in [4.69, 9.17) is 10.8 Å². The van der Waals surface area contributed by atoms with Crippen molar-refractivity contribution >= 4 is 17.9 Å². The van der Waals surface area contributed by atoms with Crippen LogP contribution in [0.15, 0.2) is 0 Å². The van der Waals surface area contributed by atoms with Crippen LogP contribution in [-0.4, -0.2) is 47.5 Å². The summed E-state index contributed by atoms with van der Waals surface area (Å²) in [4.78, 5) is 35.5. The maximum atomic E-state index is 12.0. The second kappa shape index (κ2) is 5.68. The van der Waals surface area contributed by atoms with Crippen molar-refractivity contribution in [3.8, 4) is 0 Å². The molecule has 2 rings (SSSR count). The molecule has 7 nitrogen and oxygen atoms in total. The molecule has 0 aromatic carbocycles. The molecule has 7 heteroatoms. The first-order chi connectivity index (χ1) is 9.42. The van der Waals surface area contributed by atoms with E-state index in [9.17, 15) is 14.4 Å². The van der Waals surface area contributed by atoms with Gasteiger partial charge in [0.25, 0.3) is 0 Å². The minimum Gasteiger partial charge on any atom is -0.481 e. The van der Waals surface area contributed by atoms with E-state index in [2.05, 4.69) is 5.32 Å². The summed E-state index contributed by atoms with van der Waals surface area (Å²) in [5.41, 5.74) is 4.94. The van der Waals surface area contributed by atoms with Gasteiger partial charge in [0.1, 0.15) is 0 Å². The first-order valence-corrected chi connectivity index (χ1v) is 6.96. The zero-order chi connectivity index (χ0) is 14.8. The van der Waals surface area contributed by atoms with E-state index in [0.29, 0.717) is 26.1 Å². The van der Waals surface area contributed by atoms with Crippen molar-refractivity contribution in [2.75, 3.05) is 19.6 Å². The molecule has 1 unspecified atom stereocenters. The molecule has 1 saturated heterocycles. The largest absolute Gasteiger partial charge is 0.481 e. The van der Waals surface area contributed by atoms with Crippen LogP contribution in [0, 0.1) is 11.3 Å². The number of rotatable bonds is 5. The maximum Gasteiger partial charge on any atom is 0.317 e. The monoisotopic (exact) mass is 283 g/mol. The molecule has 1 heterocycles. The van der Waals surface area contributed by atoms with Crippen LogP contribution in [0.5, 0.6) is 0 Å². The second-order valence-corrected chi connectivity index (χ2v) is 5.92. The summed E-state index contributed by atoms with van der Waals surface area (Å²) in [6.45, 7) is 1.26. The SMILES string of the molecule is NC(=O)C1CCN(C(=O)NCC2(CC(=O)O)CCC2)C1. The van der Waals surface area contributed by atoms with Gasteiger partial charge < -0.3 is 21.1 Å². The van der Waals surface area contributed by atoms with Gasteiger partial charge in [-0.1, -0.05) is 6.42 Å². The van der Waals surface area contributed by atoms with Gasteiger partial charge >= 0.3 is 12.0 Å². The van der Waals surface area contributed by atoms with E-state index in [1.807, 2.05) is 0 Å². The number of amides is 3. The molecule has 3 amide bonds. The van der Waals surface area contributed by atoms with Crippen LogP contribution < -0.4 is 11.1 Å². The number of hydrogen-bond acceptors (Lipinski definition) is 3. The minimum absolute atomic E-state index is 0.0944. The number of carbonyl (C=O) groups excluding carboxylic acids is 2. The van der Waals surface area contributed by atoms with E-state index in [0.717, 1.165) is 19.3 Å². The predicted molar refractivity (Wildman–Crippen MR) is 70.8 cm³/mol. The lowest BCUT2D eigenvalue weighted by molar-refractivity contribution is -0.141. The highest BCUT2D eigenvalue weighted by Gasteiger charge is 2.40. The van der Waals surface area contributed by atoms with Crippen molar-refractivity contribution in [3.05, 3.63) is 0 Å². The maximum absolute atomic E-state index is 12.0. The van der Waals surface area contributed by atoms with Gasteiger partial charge in [-0.3, -0.25) is 9.59 Å². The van der Waals surface area contributed by atoms with E-state index in [-0.39, 0.29) is 29.7 Å². The molecule has 1 aliphatic carbocycles. The first kappa shape index (κ1) is 14.6. The molecule has 0 aromatic heterocycles. The highest BCUT2D eigenvalue weighted by atomic mass is 16.4. The van der Waals surface area contributed by atoms with Crippen molar-refractivity contribution in [2.24, 2.45) is 17.1 Å². The van der Waals surface area contributed by atoms with Gasteiger partial charge in [0.15, 0.2) is 0 Å². The highest BCUT2D eigenvalue weighted by molar-refractivity contribution is 5.80. The van der Waals surface area contributed by atoms with Crippen LogP contribution >= 0.6 is 0 Å². The van der Waals surface area contributed by atoms with Crippen LogP contribution in [0.1, 0.15) is 32.1 Å². The Morgan fingerprint density at radius 3 is 2.50 bits per heavy atom. The van der Waals surface area contributed by atoms with Crippen molar-refractivity contribution in [1.82, 2.24) is 10.2 Å². The summed E-state index contributed by atoms with van der Waals surface area (Å²) >= 11 is 0. The summed E-state index contributed by atoms with van der Waals surface area (Å²) in [5.74, 6) is -1.46. The number of carbonyl (C=O) groups is 3. The zero-order valence-electron chi connectivity index (χ0n) is 11.4. The third-order valence-electron chi connectivity index (χ3n) is 4.43. The van der Waals surface area contributed by atoms with Gasteiger partial charge in [-0.15, -0.1) is 0 Å². The van der Waals surface area contributed by atoms with Gasteiger partial charge in [0, 0.05) is 19.6 Å². The topological polar surface area (TPSA) is 113 Å². The van der Waals surface area contributed by atoms with E-state index >= 15 is 0 Å². The quantitative estimate of drug-likeness (QED) is 0.666. The molecule has 112 valence electrons. The van der Waals surface area contributed by atoms with Crippen molar-refractivity contribution in [1.29, 1.82) is 0 Å². The molecule has 4 N–H and O–H groups in total. The van der Waals surface area contributed by atoms with Crippen LogP contribution in [0.4, 0.5) is 4.79 Å². The van der Waals surface area contributed by atoms with Crippen molar-refractivity contribution in [2.45, 2.75) is 32.1 Å². The van der Waals surface area contributed by atoms with Crippen LogP contribution in [0.2, 0.25) is 0 Å². The second-order valence-electron chi connectivity index (χ2n) is 5.92. The predicted octanol–water partition coefficient (Wildman–Crippen LogP) is 0.148. The third kappa shape index (κ3) is 3.20. The number of nitrogens with one attached hydrogen (secondary N) is 1. The van der Waals surface area contributed by atoms with Crippen molar-refractivity contribution < 1.29 is 19.5 Å². The van der Waals surface area contributed by atoms with E-state index in [1.54, 1.807) is 4.90 Å². The Hall–Kier alpha value is -1.79. The molecule has 0 aromatic rings. The molecule has 1 atom stereocenters. The minimum atomic E-state index is -0.825. The average molecular weight is 283 g/mol. The average Bonchev–Trinajstić information content (AvgIpc) is 2.81. The Morgan fingerprint density at radius 2 is 2.05 bits per heavy atom. The smallest absolute Gasteiger partial charge is 0.317 e. The van der Waals surface area contributed by atoms with E-state index < -0.39 is 5.97 Å². The van der Waals surface area contributed by atoms with Gasteiger partial charge in [-0.2, -0.15) is 0 Å². The molecule has 2 aliphatic rings.